The normalized spacial score (nSPS) is 13.0. The molecule has 0 aliphatic carbocycles. The zero-order chi connectivity index (χ0) is 11.6. The summed E-state index contributed by atoms with van der Waals surface area (Å²) >= 11 is 1.26. The molecular formula is C10H17NO2S2. The summed E-state index contributed by atoms with van der Waals surface area (Å²) in [5, 5.41) is 1.78. The maximum absolute atomic E-state index is 12.2. The van der Waals surface area contributed by atoms with Crippen LogP contribution in [-0.4, -0.2) is 24.8 Å². The first kappa shape index (κ1) is 12.7. The predicted molar refractivity (Wildman–Crippen MR) is 63.6 cm³/mol. The molecule has 1 aromatic heterocycles. The maximum atomic E-state index is 12.2. The van der Waals surface area contributed by atoms with E-state index in [1.54, 1.807) is 21.8 Å². The zero-order valence-electron chi connectivity index (χ0n) is 9.47. The Kier molecular flexibility index (Phi) is 3.92. The number of rotatable bonds is 4. The van der Waals surface area contributed by atoms with Crippen molar-refractivity contribution in [2.24, 2.45) is 0 Å². The summed E-state index contributed by atoms with van der Waals surface area (Å²) in [4.78, 5) is 0. The highest BCUT2D eigenvalue weighted by Crippen LogP contribution is 2.24. The van der Waals surface area contributed by atoms with Crippen LogP contribution in [0.15, 0.2) is 21.7 Å². The second kappa shape index (κ2) is 4.63. The summed E-state index contributed by atoms with van der Waals surface area (Å²) < 4.78 is 26.4. The van der Waals surface area contributed by atoms with Gasteiger partial charge in [-0.15, -0.1) is 11.3 Å². The fourth-order valence-corrected chi connectivity index (χ4v) is 4.59. The largest absolute Gasteiger partial charge is 0.253 e. The van der Waals surface area contributed by atoms with Gasteiger partial charge in [-0.25, -0.2) is 8.42 Å². The van der Waals surface area contributed by atoms with Crippen LogP contribution in [0.4, 0.5) is 0 Å². The Hall–Kier alpha value is -0.390. The summed E-state index contributed by atoms with van der Waals surface area (Å²) in [7, 11) is -3.30. The topological polar surface area (TPSA) is 37.4 Å². The SMILES string of the molecule is CC(C)N(C(C)C)S(=O)(=O)c1cccs1. The van der Waals surface area contributed by atoms with Crippen molar-refractivity contribution in [1.29, 1.82) is 0 Å². The smallest absolute Gasteiger partial charge is 0.206 e. The molecule has 0 saturated heterocycles. The molecule has 0 bridgehead atoms. The maximum Gasteiger partial charge on any atom is 0.253 e. The first-order valence-electron chi connectivity index (χ1n) is 4.94. The number of sulfonamides is 1. The van der Waals surface area contributed by atoms with Crippen LogP contribution < -0.4 is 0 Å². The van der Waals surface area contributed by atoms with Gasteiger partial charge in [0.2, 0.25) is 0 Å². The average Bonchev–Trinajstić information content (AvgIpc) is 2.52. The molecule has 0 aliphatic rings. The molecular weight excluding hydrogens is 230 g/mol. The van der Waals surface area contributed by atoms with E-state index >= 15 is 0 Å². The molecule has 86 valence electrons. The molecule has 0 fully saturated rings. The first-order valence-corrected chi connectivity index (χ1v) is 7.26. The Labute approximate surface area is 95.8 Å². The third kappa shape index (κ3) is 2.59. The highest BCUT2D eigenvalue weighted by molar-refractivity contribution is 7.91. The minimum absolute atomic E-state index is 0.0166. The third-order valence-electron chi connectivity index (χ3n) is 2.04. The fraction of sp³-hybridized carbons (Fsp3) is 0.600. The molecule has 0 radical (unpaired) electrons. The third-order valence-corrected chi connectivity index (χ3v) is 5.67. The molecule has 0 unspecified atom stereocenters. The first-order chi connectivity index (χ1) is 6.87. The van der Waals surface area contributed by atoms with Crippen molar-refractivity contribution in [1.82, 2.24) is 4.31 Å². The van der Waals surface area contributed by atoms with Gasteiger partial charge < -0.3 is 0 Å². The molecule has 1 rings (SSSR count). The van der Waals surface area contributed by atoms with Gasteiger partial charge in [0.1, 0.15) is 4.21 Å². The number of thiophene rings is 1. The quantitative estimate of drug-likeness (QED) is 0.820. The van der Waals surface area contributed by atoms with E-state index in [1.165, 1.54) is 11.3 Å². The molecule has 5 heteroatoms. The van der Waals surface area contributed by atoms with Crippen molar-refractivity contribution in [3.8, 4) is 0 Å². The summed E-state index contributed by atoms with van der Waals surface area (Å²) in [5.74, 6) is 0. The number of hydrogen-bond acceptors (Lipinski definition) is 3. The van der Waals surface area contributed by atoms with Crippen molar-refractivity contribution >= 4 is 21.4 Å². The van der Waals surface area contributed by atoms with Crippen molar-refractivity contribution in [2.75, 3.05) is 0 Å². The molecule has 0 aromatic carbocycles. The van der Waals surface area contributed by atoms with Crippen molar-refractivity contribution < 1.29 is 8.42 Å². The summed E-state index contributed by atoms with van der Waals surface area (Å²) in [5.41, 5.74) is 0. The van der Waals surface area contributed by atoms with Crippen LogP contribution in [0.25, 0.3) is 0 Å². The standard InChI is InChI=1S/C10H17NO2S2/c1-8(2)11(9(3)4)15(12,13)10-6-5-7-14-10/h5-9H,1-4H3. The molecule has 3 nitrogen and oxygen atoms in total. The van der Waals surface area contributed by atoms with E-state index in [9.17, 15) is 8.42 Å². The second-order valence-corrected chi connectivity index (χ2v) is 6.97. The van der Waals surface area contributed by atoms with E-state index in [-0.39, 0.29) is 12.1 Å². The minimum atomic E-state index is -3.30. The van der Waals surface area contributed by atoms with Gasteiger partial charge in [0, 0.05) is 12.1 Å². The van der Waals surface area contributed by atoms with Crippen LogP contribution in [0.2, 0.25) is 0 Å². The van der Waals surface area contributed by atoms with Crippen LogP contribution in [0.5, 0.6) is 0 Å². The molecule has 1 aromatic rings. The van der Waals surface area contributed by atoms with Gasteiger partial charge in [-0.05, 0) is 39.1 Å². The Morgan fingerprint density at radius 3 is 2.07 bits per heavy atom. The summed E-state index contributed by atoms with van der Waals surface area (Å²) in [6, 6.07) is 3.38. The Balaban J connectivity index is 3.14. The molecule has 0 saturated carbocycles. The van der Waals surface area contributed by atoms with E-state index in [2.05, 4.69) is 0 Å². The molecule has 0 amide bonds. The van der Waals surface area contributed by atoms with Crippen molar-refractivity contribution in [3.63, 3.8) is 0 Å². The Morgan fingerprint density at radius 1 is 1.20 bits per heavy atom. The van der Waals surface area contributed by atoms with Crippen LogP contribution in [-0.2, 0) is 10.0 Å². The fourth-order valence-electron chi connectivity index (χ4n) is 1.67. The predicted octanol–water partition coefficient (Wildman–Crippen LogP) is 2.56. The van der Waals surface area contributed by atoms with E-state index in [0.717, 1.165) is 0 Å². The molecule has 15 heavy (non-hydrogen) atoms. The summed E-state index contributed by atoms with van der Waals surface area (Å²) in [6.45, 7) is 7.58. The molecule has 1 heterocycles. The van der Waals surface area contributed by atoms with Crippen LogP contribution >= 0.6 is 11.3 Å². The van der Waals surface area contributed by atoms with E-state index in [1.807, 2.05) is 27.7 Å². The Bertz CT molecular complexity index is 385. The summed E-state index contributed by atoms with van der Waals surface area (Å²) in [6.07, 6.45) is 0. The number of nitrogens with zero attached hydrogens (tertiary/aromatic N) is 1. The average molecular weight is 247 g/mol. The lowest BCUT2D eigenvalue weighted by molar-refractivity contribution is 0.303. The molecule has 0 N–H and O–H groups in total. The highest BCUT2D eigenvalue weighted by atomic mass is 32.2. The van der Waals surface area contributed by atoms with E-state index in [0.29, 0.717) is 4.21 Å². The molecule has 0 aliphatic heterocycles. The lowest BCUT2D eigenvalue weighted by Crippen LogP contribution is -2.41. The van der Waals surface area contributed by atoms with E-state index in [4.69, 9.17) is 0 Å². The monoisotopic (exact) mass is 247 g/mol. The number of hydrogen-bond donors (Lipinski definition) is 0. The van der Waals surface area contributed by atoms with Crippen molar-refractivity contribution in [3.05, 3.63) is 17.5 Å². The second-order valence-electron chi connectivity index (χ2n) is 3.95. The lowest BCUT2D eigenvalue weighted by atomic mass is 10.3. The van der Waals surface area contributed by atoms with Crippen LogP contribution in [0.3, 0.4) is 0 Å². The minimum Gasteiger partial charge on any atom is -0.206 e. The van der Waals surface area contributed by atoms with Gasteiger partial charge in [0.05, 0.1) is 0 Å². The van der Waals surface area contributed by atoms with Gasteiger partial charge in [0.25, 0.3) is 10.0 Å². The van der Waals surface area contributed by atoms with Crippen LogP contribution in [0.1, 0.15) is 27.7 Å². The molecule has 0 atom stereocenters. The highest BCUT2D eigenvalue weighted by Gasteiger charge is 2.29. The zero-order valence-corrected chi connectivity index (χ0v) is 11.1. The van der Waals surface area contributed by atoms with Crippen LogP contribution in [0, 0.1) is 0 Å². The van der Waals surface area contributed by atoms with E-state index < -0.39 is 10.0 Å². The van der Waals surface area contributed by atoms with Gasteiger partial charge in [-0.2, -0.15) is 4.31 Å². The van der Waals surface area contributed by atoms with Crippen molar-refractivity contribution in [2.45, 2.75) is 44.0 Å². The van der Waals surface area contributed by atoms with Gasteiger partial charge >= 0.3 is 0 Å². The lowest BCUT2D eigenvalue weighted by Gasteiger charge is -2.28. The Morgan fingerprint density at radius 2 is 1.73 bits per heavy atom. The van der Waals surface area contributed by atoms with Gasteiger partial charge in [-0.1, -0.05) is 6.07 Å². The van der Waals surface area contributed by atoms with Gasteiger partial charge in [0.15, 0.2) is 0 Å². The van der Waals surface area contributed by atoms with Gasteiger partial charge in [-0.3, -0.25) is 0 Å². The molecule has 0 spiro atoms.